The average Bonchev–Trinajstić information content (AvgIpc) is 3.25. The van der Waals surface area contributed by atoms with Gasteiger partial charge in [0.05, 0.1) is 34.7 Å². The van der Waals surface area contributed by atoms with Gasteiger partial charge in [0.25, 0.3) is 0 Å². The molecule has 1 aliphatic rings. The maximum Gasteiger partial charge on any atom is 0.242 e. The minimum atomic E-state index is -0.626. The van der Waals surface area contributed by atoms with Crippen LogP contribution in [0.15, 0.2) is 29.8 Å². The fourth-order valence-corrected chi connectivity index (χ4v) is 4.73. The fraction of sp³-hybridized carbons (Fsp3) is 0.538. The van der Waals surface area contributed by atoms with Gasteiger partial charge in [-0.25, -0.2) is 4.98 Å². The van der Waals surface area contributed by atoms with Crippen molar-refractivity contribution in [1.29, 1.82) is 0 Å². The van der Waals surface area contributed by atoms with E-state index in [1.165, 1.54) is 0 Å². The molecule has 190 valence electrons. The maximum atomic E-state index is 12.6. The maximum absolute atomic E-state index is 12.6. The molecular weight excluding hydrogens is 464 g/mol. The highest BCUT2D eigenvalue weighted by Gasteiger charge is 2.41. The summed E-state index contributed by atoms with van der Waals surface area (Å²) in [5, 5.41) is 8.64. The molecule has 1 saturated heterocycles. The van der Waals surface area contributed by atoms with E-state index < -0.39 is 11.5 Å². The van der Waals surface area contributed by atoms with Gasteiger partial charge in [-0.3, -0.25) is 14.4 Å². The Morgan fingerprint density at radius 3 is 2.34 bits per heavy atom. The molecule has 1 aliphatic heterocycles. The number of benzene rings is 1. The molecule has 2 heterocycles. The molecule has 1 aromatic carbocycles. The summed E-state index contributed by atoms with van der Waals surface area (Å²) in [6.45, 7) is 11.1. The number of aryl methyl sites for hydroxylation is 1. The molecule has 0 radical (unpaired) electrons. The molecular formula is C26H36N4O4S. The molecule has 3 rings (SSSR count). The number of rotatable bonds is 11. The first kappa shape index (κ1) is 26.8. The molecule has 35 heavy (non-hydrogen) atoms. The van der Waals surface area contributed by atoms with Crippen molar-refractivity contribution in [2.45, 2.75) is 53.6 Å². The molecule has 2 aromatic rings. The van der Waals surface area contributed by atoms with Crippen molar-refractivity contribution in [2.24, 2.45) is 17.3 Å². The molecule has 0 saturated carbocycles. The number of aromatic nitrogens is 1. The van der Waals surface area contributed by atoms with E-state index in [2.05, 4.69) is 33.1 Å². The van der Waals surface area contributed by atoms with Gasteiger partial charge in [0.1, 0.15) is 6.04 Å². The van der Waals surface area contributed by atoms with Crippen LogP contribution in [0.5, 0.6) is 0 Å². The molecule has 3 atom stereocenters. The summed E-state index contributed by atoms with van der Waals surface area (Å²) in [5.74, 6) is -0.484. The molecule has 3 amide bonds. The highest BCUT2D eigenvalue weighted by Crippen LogP contribution is 2.27. The number of nitrogens with zero attached hydrogens (tertiary/aromatic N) is 1. The largest absolute Gasteiger partial charge is 0.379 e. The van der Waals surface area contributed by atoms with Crippen molar-refractivity contribution in [3.05, 3.63) is 41.0 Å². The van der Waals surface area contributed by atoms with Crippen LogP contribution in [0.1, 0.15) is 45.4 Å². The van der Waals surface area contributed by atoms with Gasteiger partial charge in [-0.1, -0.05) is 38.1 Å². The van der Waals surface area contributed by atoms with Gasteiger partial charge in [0.2, 0.25) is 17.7 Å². The molecule has 8 nitrogen and oxygen atoms in total. The summed E-state index contributed by atoms with van der Waals surface area (Å²) >= 11 is 1.62. The smallest absolute Gasteiger partial charge is 0.242 e. The van der Waals surface area contributed by atoms with Crippen molar-refractivity contribution < 1.29 is 19.1 Å². The van der Waals surface area contributed by atoms with Crippen molar-refractivity contribution >= 4 is 29.1 Å². The lowest BCUT2D eigenvalue weighted by Gasteiger charge is -2.37. The molecule has 9 heteroatoms. The Labute approximate surface area is 211 Å². The first-order valence-electron chi connectivity index (χ1n) is 12.0. The van der Waals surface area contributed by atoms with Crippen LogP contribution in [0, 0.1) is 24.2 Å². The summed E-state index contributed by atoms with van der Waals surface area (Å²) in [6.07, 6.45) is 0.645. The van der Waals surface area contributed by atoms with Gasteiger partial charge in [0.15, 0.2) is 0 Å². The standard InChI is InChI=1S/C26H36N4O4S/c1-16(11-27-24(32)19(4)30-25(33)26(5)13-34-14-26)10-17(2)23(31)28-12-20-6-8-21(9-7-20)22-18(3)29-15-35-22/h6-9,15-17,19H,10-14H2,1-5H3,(H,27,32)(H,28,31)(H,30,33)/t16-,17+,19+/m1/s1. The van der Waals surface area contributed by atoms with Gasteiger partial charge >= 0.3 is 0 Å². The van der Waals surface area contributed by atoms with Gasteiger partial charge in [-0.05, 0) is 44.2 Å². The SMILES string of the molecule is Cc1ncsc1-c1ccc(CNC(=O)[C@@H](C)C[C@@H](C)CNC(=O)[C@H](C)NC(=O)C2(C)COC2)cc1. The normalized spacial score (nSPS) is 16.9. The first-order chi connectivity index (χ1) is 16.6. The predicted molar refractivity (Wildman–Crippen MR) is 137 cm³/mol. The average molecular weight is 501 g/mol. The van der Waals surface area contributed by atoms with E-state index in [0.717, 1.165) is 21.7 Å². The van der Waals surface area contributed by atoms with Crippen LogP contribution in [-0.2, 0) is 25.7 Å². The Morgan fingerprint density at radius 1 is 1.09 bits per heavy atom. The number of carbonyl (C=O) groups excluding carboxylic acids is 3. The number of hydrogen-bond donors (Lipinski definition) is 3. The van der Waals surface area contributed by atoms with Gasteiger partial charge < -0.3 is 20.7 Å². The van der Waals surface area contributed by atoms with Crippen molar-refractivity contribution in [1.82, 2.24) is 20.9 Å². The highest BCUT2D eigenvalue weighted by atomic mass is 32.1. The Hall–Kier alpha value is -2.78. The Bertz CT molecular complexity index is 1030. The van der Waals surface area contributed by atoms with Crippen LogP contribution < -0.4 is 16.0 Å². The second kappa shape index (κ2) is 11.8. The summed E-state index contributed by atoms with van der Waals surface area (Å²) in [6, 6.07) is 7.53. The third-order valence-corrected chi connectivity index (χ3v) is 7.36. The summed E-state index contributed by atoms with van der Waals surface area (Å²) in [5.41, 5.74) is 4.48. The Balaban J connectivity index is 1.36. The van der Waals surface area contributed by atoms with Gasteiger partial charge in [-0.15, -0.1) is 11.3 Å². The van der Waals surface area contributed by atoms with Crippen molar-refractivity contribution in [2.75, 3.05) is 19.8 Å². The molecule has 0 bridgehead atoms. The van der Waals surface area contributed by atoms with Crippen LogP contribution in [0.4, 0.5) is 0 Å². The number of nitrogens with one attached hydrogen (secondary N) is 3. The quantitative estimate of drug-likeness (QED) is 0.439. The zero-order chi connectivity index (χ0) is 25.6. The van der Waals surface area contributed by atoms with E-state index in [-0.39, 0.29) is 29.6 Å². The van der Waals surface area contributed by atoms with E-state index in [4.69, 9.17) is 4.74 Å². The van der Waals surface area contributed by atoms with E-state index in [1.54, 1.807) is 18.3 Å². The van der Waals surface area contributed by atoms with Crippen LogP contribution in [0.25, 0.3) is 10.4 Å². The minimum absolute atomic E-state index is 0.0119. The topological polar surface area (TPSA) is 109 Å². The lowest BCUT2D eigenvalue weighted by Crippen LogP contribution is -2.56. The predicted octanol–water partition coefficient (Wildman–Crippen LogP) is 3.05. The van der Waals surface area contributed by atoms with Crippen LogP contribution in [0.3, 0.4) is 0 Å². The fourth-order valence-electron chi connectivity index (χ4n) is 3.91. The summed E-state index contributed by atoms with van der Waals surface area (Å²) in [4.78, 5) is 42.7. The van der Waals surface area contributed by atoms with Gasteiger partial charge in [-0.2, -0.15) is 0 Å². The van der Waals surface area contributed by atoms with E-state index in [1.807, 2.05) is 45.3 Å². The van der Waals surface area contributed by atoms with Crippen LogP contribution >= 0.6 is 11.3 Å². The zero-order valence-corrected chi connectivity index (χ0v) is 22.0. The van der Waals surface area contributed by atoms with Crippen LogP contribution in [0.2, 0.25) is 0 Å². The van der Waals surface area contributed by atoms with E-state index >= 15 is 0 Å². The lowest BCUT2D eigenvalue weighted by molar-refractivity contribution is -0.159. The van der Waals surface area contributed by atoms with Crippen molar-refractivity contribution in [3.8, 4) is 10.4 Å². The van der Waals surface area contributed by atoms with E-state index in [9.17, 15) is 14.4 Å². The molecule has 1 aromatic heterocycles. The molecule has 1 fully saturated rings. The monoisotopic (exact) mass is 500 g/mol. The molecule has 0 unspecified atom stereocenters. The second-order valence-corrected chi connectivity index (χ2v) is 10.8. The number of amides is 3. The molecule has 0 aliphatic carbocycles. The second-order valence-electron chi connectivity index (χ2n) is 9.92. The number of ether oxygens (including phenoxy) is 1. The highest BCUT2D eigenvalue weighted by molar-refractivity contribution is 7.13. The number of carbonyl (C=O) groups is 3. The van der Waals surface area contributed by atoms with Crippen molar-refractivity contribution in [3.63, 3.8) is 0 Å². The first-order valence-corrected chi connectivity index (χ1v) is 12.9. The minimum Gasteiger partial charge on any atom is -0.379 e. The summed E-state index contributed by atoms with van der Waals surface area (Å²) in [7, 11) is 0. The Morgan fingerprint density at radius 2 is 1.77 bits per heavy atom. The molecule has 0 spiro atoms. The third kappa shape index (κ3) is 7.11. The molecule has 3 N–H and O–H groups in total. The number of hydrogen-bond acceptors (Lipinski definition) is 6. The Kier molecular flexibility index (Phi) is 9.02. The van der Waals surface area contributed by atoms with E-state index in [0.29, 0.717) is 32.7 Å². The summed E-state index contributed by atoms with van der Waals surface area (Å²) < 4.78 is 5.11. The van der Waals surface area contributed by atoms with Gasteiger partial charge in [0, 0.05) is 19.0 Å². The lowest BCUT2D eigenvalue weighted by atomic mass is 9.87. The zero-order valence-electron chi connectivity index (χ0n) is 21.1. The number of thiazole rings is 1. The van der Waals surface area contributed by atoms with Crippen LogP contribution in [-0.4, -0.2) is 48.5 Å². The third-order valence-electron chi connectivity index (χ3n) is 6.39.